The second-order valence-electron chi connectivity index (χ2n) is 6.55. The molecule has 136 valence electrons. The van der Waals surface area contributed by atoms with Crippen LogP contribution in [-0.2, 0) is 0 Å². The highest BCUT2D eigenvalue weighted by atomic mass is 32.1. The van der Waals surface area contributed by atoms with Crippen LogP contribution in [0.4, 0.5) is 10.1 Å². The molecule has 0 radical (unpaired) electrons. The molecule has 7 nitrogen and oxygen atoms in total. The van der Waals surface area contributed by atoms with Crippen molar-refractivity contribution < 1.29 is 9.18 Å². The Bertz CT molecular complexity index is 944. The summed E-state index contributed by atoms with van der Waals surface area (Å²) in [6, 6.07) is 6.72. The molecule has 0 spiro atoms. The van der Waals surface area contributed by atoms with Gasteiger partial charge in [-0.3, -0.25) is 4.79 Å². The van der Waals surface area contributed by atoms with Crippen molar-refractivity contribution in [2.45, 2.75) is 19.8 Å². The number of aromatic nitrogens is 4. The smallest absolute Gasteiger partial charge is 0.284 e. The average molecular weight is 374 g/mol. The molecule has 1 amide bonds. The molecule has 1 aromatic carbocycles. The average Bonchev–Trinajstić information content (AvgIpc) is 3.22. The number of benzene rings is 1. The Morgan fingerprint density at radius 2 is 1.88 bits per heavy atom. The largest absolute Gasteiger partial charge is 0.366 e. The molecular formula is C17H19FN6OS. The molecule has 4 rings (SSSR count). The van der Waals surface area contributed by atoms with Crippen LogP contribution in [0.3, 0.4) is 0 Å². The quantitative estimate of drug-likeness (QED) is 0.704. The zero-order valence-electron chi connectivity index (χ0n) is 14.6. The van der Waals surface area contributed by atoms with E-state index in [1.165, 1.54) is 17.4 Å². The van der Waals surface area contributed by atoms with Crippen LogP contribution in [0.2, 0.25) is 0 Å². The topological polar surface area (TPSA) is 66.6 Å². The first-order valence-corrected chi connectivity index (χ1v) is 9.37. The minimum Gasteiger partial charge on any atom is -0.366 e. The number of hydrogen-bond donors (Lipinski definition) is 0. The summed E-state index contributed by atoms with van der Waals surface area (Å²) in [6.07, 6.45) is 0. The number of para-hydroxylation sites is 1. The van der Waals surface area contributed by atoms with Crippen molar-refractivity contribution >= 4 is 27.9 Å². The molecule has 1 aliphatic rings. The summed E-state index contributed by atoms with van der Waals surface area (Å²) in [5.74, 6) is 0.588. The summed E-state index contributed by atoms with van der Waals surface area (Å²) in [6.45, 7) is 6.27. The summed E-state index contributed by atoms with van der Waals surface area (Å²) in [4.78, 5) is 17.1. The summed E-state index contributed by atoms with van der Waals surface area (Å²) >= 11 is 1.25. The Morgan fingerprint density at radius 1 is 1.15 bits per heavy atom. The van der Waals surface area contributed by atoms with Crippen LogP contribution >= 0.6 is 11.3 Å². The first-order chi connectivity index (χ1) is 12.5. The minimum absolute atomic E-state index is 0.108. The molecule has 1 saturated heterocycles. The Morgan fingerprint density at radius 3 is 2.58 bits per heavy atom. The highest BCUT2D eigenvalue weighted by Crippen LogP contribution is 2.23. The van der Waals surface area contributed by atoms with Gasteiger partial charge < -0.3 is 9.80 Å². The first-order valence-electron chi connectivity index (χ1n) is 8.55. The molecule has 1 aliphatic heterocycles. The lowest BCUT2D eigenvalue weighted by Crippen LogP contribution is -2.49. The predicted octanol–water partition coefficient (Wildman–Crippen LogP) is 2.41. The maximum Gasteiger partial charge on any atom is 0.284 e. The summed E-state index contributed by atoms with van der Waals surface area (Å²) in [5, 5.41) is 13.0. The summed E-state index contributed by atoms with van der Waals surface area (Å²) in [5.41, 5.74) is 0.583. The number of anilines is 1. The van der Waals surface area contributed by atoms with Crippen LogP contribution in [0.25, 0.3) is 4.96 Å². The van der Waals surface area contributed by atoms with Crippen LogP contribution in [0.5, 0.6) is 0 Å². The third kappa shape index (κ3) is 2.92. The minimum atomic E-state index is -0.234. The fourth-order valence-electron chi connectivity index (χ4n) is 3.07. The summed E-state index contributed by atoms with van der Waals surface area (Å²) in [7, 11) is 0. The van der Waals surface area contributed by atoms with Crippen LogP contribution in [0.15, 0.2) is 24.3 Å². The molecule has 1 fully saturated rings. The number of carbonyl (C=O) groups excluding carboxylic acids is 1. The third-order valence-electron chi connectivity index (χ3n) is 4.47. The van der Waals surface area contributed by atoms with Crippen LogP contribution in [0, 0.1) is 5.82 Å². The van der Waals surface area contributed by atoms with Gasteiger partial charge in [0.05, 0.1) is 5.69 Å². The van der Waals surface area contributed by atoms with Gasteiger partial charge in [0.15, 0.2) is 5.82 Å². The molecule has 0 atom stereocenters. The lowest BCUT2D eigenvalue weighted by molar-refractivity contribution is 0.0745. The van der Waals surface area contributed by atoms with Crippen molar-refractivity contribution in [3.63, 3.8) is 0 Å². The zero-order valence-corrected chi connectivity index (χ0v) is 15.4. The fraction of sp³-hybridized carbons (Fsp3) is 0.412. The second kappa shape index (κ2) is 6.64. The number of amides is 1. The van der Waals surface area contributed by atoms with Crippen molar-refractivity contribution in [3.8, 4) is 0 Å². The monoisotopic (exact) mass is 374 g/mol. The Hall–Kier alpha value is -2.55. The van der Waals surface area contributed by atoms with E-state index >= 15 is 0 Å². The van der Waals surface area contributed by atoms with Gasteiger partial charge in [0.2, 0.25) is 9.97 Å². The highest BCUT2D eigenvalue weighted by Gasteiger charge is 2.27. The second-order valence-corrected chi connectivity index (χ2v) is 7.50. The van der Waals surface area contributed by atoms with E-state index in [0.29, 0.717) is 41.8 Å². The van der Waals surface area contributed by atoms with E-state index < -0.39 is 0 Å². The van der Waals surface area contributed by atoms with Gasteiger partial charge in [-0.1, -0.05) is 37.3 Å². The summed E-state index contributed by atoms with van der Waals surface area (Å²) < 4.78 is 15.6. The lowest BCUT2D eigenvalue weighted by Gasteiger charge is -2.35. The first kappa shape index (κ1) is 16.9. The molecule has 26 heavy (non-hydrogen) atoms. The standard InChI is InChI=1S/C17H19FN6OS/c1-11(2)14-19-20-17-24(14)21-15(26-17)16(25)23-9-7-22(8-10-23)13-6-4-3-5-12(13)18/h3-6,11H,7-10H2,1-2H3. The molecular weight excluding hydrogens is 355 g/mol. The number of fused-ring (bicyclic) bond motifs is 1. The van der Waals surface area contributed by atoms with Gasteiger partial charge in [0.25, 0.3) is 5.91 Å². The Balaban J connectivity index is 1.48. The van der Waals surface area contributed by atoms with E-state index in [1.54, 1.807) is 21.5 Å². The van der Waals surface area contributed by atoms with Gasteiger partial charge in [-0.2, -0.15) is 4.52 Å². The van der Waals surface area contributed by atoms with Gasteiger partial charge in [0.1, 0.15) is 5.82 Å². The van der Waals surface area contributed by atoms with Gasteiger partial charge in [-0.05, 0) is 12.1 Å². The lowest BCUT2D eigenvalue weighted by atomic mass is 10.2. The van der Waals surface area contributed by atoms with Crippen molar-refractivity contribution in [3.05, 3.63) is 40.9 Å². The number of halogens is 1. The van der Waals surface area contributed by atoms with E-state index in [0.717, 1.165) is 5.82 Å². The normalized spacial score (nSPS) is 15.2. The molecule has 0 bridgehead atoms. The van der Waals surface area contributed by atoms with E-state index in [2.05, 4.69) is 15.3 Å². The zero-order chi connectivity index (χ0) is 18.3. The van der Waals surface area contributed by atoms with Crippen LogP contribution in [0.1, 0.15) is 35.4 Å². The number of carbonyl (C=O) groups is 1. The molecule has 9 heteroatoms. The maximum absolute atomic E-state index is 13.9. The SMILES string of the molecule is CC(C)c1nnc2sc(C(=O)N3CCN(c4ccccc4F)CC3)nn12. The van der Waals surface area contributed by atoms with Crippen molar-refractivity contribution in [1.82, 2.24) is 24.7 Å². The third-order valence-corrected chi connectivity index (χ3v) is 5.36. The fourth-order valence-corrected chi connectivity index (χ4v) is 3.89. The number of hydrogen-bond acceptors (Lipinski definition) is 6. The predicted molar refractivity (Wildman–Crippen MR) is 97.3 cm³/mol. The molecule has 0 aliphatic carbocycles. The molecule has 0 unspecified atom stereocenters. The molecule has 3 heterocycles. The van der Waals surface area contributed by atoms with Crippen LogP contribution < -0.4 is 4.90 Å². The van der Waals surface area contributed by atoms with Crippen molar-refractivity contribution in [1.29, 1.82) is 0 Å². The Labute approximate surface area is 154 Å². The maximum atomic E-state index is 13.9. The van der Waals surface area contributed by atoms with Gasteiger partial charge in [-0.15, -0.1) is 15.3 Å². The van der Waals surface area contributed by atoms with Gasteiger partial charge >= 0.3 is 0 Å². The highest BCUT2D eigenvalue weighted by molar-refractivity contribution is 7.18. The van der Waals surface area contributed by atoms with Crippen molar-refractivity contribution in [2.75, 3.05) is 31.1 Å². The van der Waals surface area contributed by atoms with E-state index in [-0.39, 0.29) is 17.6 Å². The van der Waals surface area contributed by atoms with E-state index in [9.17, 15) is 9.18 Å². The Kier molecular flexibility index (Phi) is 4.31. The number of nitrogens with zero attached hydrogens (tertiary/aromatic N) is 6. The molecule has 3 aromatic rings. The molecule has 0 N–H and O–H groups in total. The van der Waals surface area contributed by atoms with Crippen LogP contribution in [-0.4, -0.2) is 56.8 Å². The number of rotatable bonds is 3. The van der Waals surface area contributed by atoms with Gasteiger partial charge in [-0.25, -0.2) is 4.39 Å². The molecule has 0 saturated carbocycles. The van der Waals surface area contributed by atoms with Gasteiger partial charge in [0, 0.05) is 32.1 Å². The number of piperazine rings is 1. The van der Waals surface area contributed by atoms with Crippen molar-refractivity contribution in [2.24, 2.45) is 0 Å². The molecule has 2 aromatic heterocycles. The van der Waals surface area contributed by atoms with E-state index in [1.807, 2.05) is 24.8 Å². The van der Waals surface area contributed by atoms with E-state index in [4.69, 9.17) is 0 Å².